The predicted octanol–water partition coefficient (Wildman–Crippen LogP) is 4.79. The van der Waals surface area contributed by atoms with E-state index < -0.39 is 23.1 Å². The summed E-state index contributed by atoms with van der Waals surface area (Å²) in [6, 6.07) is 14.6. The van der Waals surface area contributed by atoms with Crippen LogP contribution >= 0.6 is 0 Å². The van der Waals surface area contributed by atoms with E-state index in [9.17, 15) is 28.3 Å². The molecule has 1 unspecified atom stereocenters. The minimum atomic E-state index is -0.818. The lowest BCUT2D eigenvalue weighted by atomic mass is 10.0. The Morgan fingerprint density at radius 2 is 1.65 bits per heavy atom. The van der Waals surface area contributed by atoms with Crippen LogP contribution in [-0.4, -0.2) is 50.7 Å². The maximum atomic E-state index is 15.0. The highest BCUT2D eigenvalue weighted by Gasteiger charge is 2.41. The largest absolute Gasteiger partial charge is 0.457 e. The molecule has 6 rings (SSSR count). The van der Waals surface area contributed by atoms with Gasteiger partial charge in [-0.05, 0) is 79.3 Å². The number of ether oxygens (including phenoxy) is 1. The number of aliphatic hydroxyl groups is 1. The van der Waals surface area contributed by atoms with Crippen LogP contribution in [0.3, 0.4) is 0 Å². The van der Waals surface area contributed by atoms with Crippen molar-refractivity contribution < 1.29 is 28.2 Å². The molecule has 2 aliphatic rings. The van der Waals surface area contributed by atoms with Gasteiger partial charge in [0, 0.05) is 43.3 Å². The lowest BCUT2D eigenvalue weighted by molar-refractivity contribution is 0.102. The number of fused-ring (bicyclic) bond motifs is 1. The van der Waals surface area contributed by atoms with Crippen LogP contribution in [0.15, 0.2) is 83.9 Å². The van der Waals surface area contributed by atoms with Crippen molar-refractivity contribution in [3.05, 3.63) is 107 Å². The van der Waals surface area contributed by atoms with Crippen molar-refractivity contribution in [3.8, 4) is 17.2 Å². The zero-order valence-electron chi connectivity index (χ0n) is 22.7. The van der Waals surface area contributed by atoms with Gasteiger partial charge in [0.1, 0.15) is 34.5 Å². The van der Waals surface area contributed by atoms with E-state index in [1.807, 2.05) is 0 Å². The van der Waals surface area contributed by atoms with Crippen molar-refractivity contribution in [2.24, 2.45) is 11.8 Å². The predicted molar refractivity (Wildman–Crippen MR) is 153 cm³/mol. The maximum absolute atomic E-state index is 15.0. The molecule has 1 saturated carbocycles. The van der Waals surface area contributed by atoms with E-state index in [1.54, 1.807) is 11.0 Å². The van der Waals surface area contributed by atoms with Crippen LogP contribution in [-0.2, 0) is 0 Å². The Hall–Kier alpha value is -5.10. The molecule has 2 aromatic heterocycles. The molecular weight excluding hydrogens is 560 g/mol. The number of anilines is 2. The second-order valence-corrected chi connectivity index (χ2v) is 10.6. The molecule has 3 amide bonds. The van der Waals surface area contributed by atoms with Crippen molar-refractivity contribution in [2.75, 3.05) is 23.7 Å². The lowest BCUT2D eigenvalue weighted by Gasteiger charge is -2.18. The zero-order chi connectivity index (χ0) is 30.1. The summed E-state index contributed by atoms with van der Waals surface area (Å²) < 4.78 is 35.2. The highest BCUT2D eigenvalue weighted by atomic mass is 19.1. The first-order chi connectivity index (χ1) is 20.7. The maximum Gasteiger partial charge on any atom is 0.323 e. The fourth-order valence-corrected chi connectivity index (χ4v) is 5.62. The van der Waals surface area contributed by atoms with Gasteiger partial charge in [0.25, 0.3) is 11.5 Å². The van der Waals surface area contributed by atoms with Gasteiger partial charge in [0.05, 0.1) is 11.8 Å². The molecule has 2 aromatic carbocycles. The molecule has 0 spiro atoms. The number of hydrogen-bond donors (Lipinski definition) is 3. The SMILES string of the molecule is O=C(Nc1ccc(Oc2ccnc(NC(=O)N3C[C@H]4CC(O)C[C@H]4C3)c2)cc1F)c1cccn(-c2ccc(F)cc2)c1=O. The smallest absolute Gasteiger partial charge is 0.323 e. The number of pyridine rings is 2. The summed E-state index contributed by atoms with van der Waals surface area (Å²) in [5, 5.41) is 15.0. The molecule has 3 heterocycles. The Labute approximate surface area is 244 Å². The van der Waals surface area contributed by atoms with Gasteiger partial charge in [-0.15, -0.1) is 0 Å². The zero-order valence-corrected chi connectivity index (χ0v) is 22.7. The number of carbonyl (C=O) groups is 2. The fraction of sp³-hybridized carbons (Fsp3) is 0.226. The summed E-state index contributed by atoms with van der Waals surface area (Å²) in [6.45, 7) is 1.17. The number of aliphatic hydroxyl groups excluding tert-OH is 1. The third-order valence-corrected chi connectivity index (χ3v) is 7.70. The van der Waals surface area contributed by atoms with E-state index in [4.69, 9.17) is 4.74 Å². The number of urea groups is 1. The van der Waals surface area contributed by atoms with E-state index in [-0.39, 0.29) is 35.0 Å². The van der Waals surface area contributed by atoms with Gasteiger partial charge in [0.15, 0.2) is 0 Å². The van der Waals surface area contributed by atoms with Crippen molar-refractivity contribution in [3.63, 3.8) is 0 Å². The highest BCUT2D eigenvalue weighted by molar-refractivity contribution is 6.04. The first-order valence-corrected chi connectivity index (χ1v) is 13.7. The normalized spacial score (nSPS) is 19.1. The molecule has 43 heavy (non-hydrogen) atoms. The Bertz CT molecular complexity index is 1730. The lowest BCUT2D eigenvalue weighted by Crippen LogP contribution is -2.34. The topological polar surface area (TPSA) is 126 Å². The number of carbonyl (C=O) groups excluding carboxylic acids is 2. The highest BCUT2D eigenvalue weighted by Crippen LogP contribution is 2.38. The van der Waals surface area contributed by atoms with E-state index in [0.29, 0.717) is 49.2 Å². The minimum absolute atomic E-state index is 0.128. The Balaban J connectivity index is 1.09. The second kappa shape index (κ2) is 11.6. The van der Waals surface area contributed by atoms with Gasteiger partial charge in [-0.1, -0.05) is 0 Å². The van der Waals surface area contributed by atoms with Crippen LogP contribution in [0.5, 0.6) is 11.5 Å². The third kappa shape index (κ3) is 6.09. The molecule has 0 bridgehead atoms. The third-order valence-electron chi connectivity index (χ3n) is 7.70. The molecule has 3 atom stereocenters. The number of nitrogens with zero attached hydrogens (tertiary/aromatic N) is 3. The molecule has 220 valence electrons. The van der Waals surface area contributed by atoms with E-state index >= 15 is 0 Å². The van der Waals surface area contributed by atoms with E-state index in [0.717, 1.165) is 6.07 Å². The van der Waals surface area contributed by atoms with Gasteiger partial charge >= 0.3 is 6.03 Å². The van der Waals surface area contributed by atoms with Gasteiger partial charge < -0.3 is 20.1 Å². The van der Waals surface area contributed by atoms with Gasteiger partial charge in [0.2, 0.25) is 0 Å². The number of halogens is 2. The number of aromatic nitrogens is 2. The molecule has 1 saturated heterocycles. The summed E-state index contributed by atoms with van der Waals surface area (Å²) in [5.74, 6) is -0.784. The van der Waals surface area contributed by atoms with Gasteiger partial charge in [-0.25, -0.2) is 18.6 Å². The fourth-order valence-electron chi connectivity index (χ4n) is 5.62. The van der Waals surface area contributed by atoms with Crippen LogP contribution in [0.1, 0.15) is 23.2 Å². The Morgan fingerprint density at radius 3 is 2.37 bits per heavy atom. The number of nitrogens with one attached hydrogen (secondary N) is 2. The standard InChI is InChI=1S/C31H27F2N5O5/c32-20-3-5-21(6-4-20)38-11-1-2-25(30(38)41)29(40)35-27-8-7-23(14-26(27)33)43-24-9-10-34-28(15-24)36-31(42)37-16-18-12-22(39)13-19(18)17-37/h1-11,14-15,18-19,22,39H,12-13,16-17H2,(H,35,40)(H,34,36,42)/t18-,19+,22?. The first kappa shape index (κ1) is 28.0. The summed E-state index contributed by atoms with van der Waals surface area (Å²) in [4.78, 5) is 44.4. The molecule has 1 aliphatic carbocycles. The molecule has 0 radical (unpaired) electrons. The molecular formula is C31H27F2N5O5. The summed E-state index contributed by atoms with van der Waals surface area (Å²) in [5.41, 5.74) is -0.683. The van der Waals surface area contributed by atoms with Crippen LogP contribution in [0, 0.1) is 23.5 Å². The first-order valence-electron chi connectivity index (χ1n) is 13.7. The van der Waals surface area contributed by atoms with Gasteiger partial charge in [-0.2, -0.15) is 0 Å². The van der Waals surface area contributed by atoms with Crippen molar-refractivity contribution in [1.29, 1.82) is 0 Å². The van der Waals surface area contributed by atoms with E-state index in [2.05, 4.69) is 15.6 Å². The second-order valence-electron chi connectivity index (χ2n) is 10.6. The molecule has 4 aromatic rings. The van der Waals surface area contributed by atoms with Crippen LogP contribution < -0.4 is 20.9 Å². The quantitative estimate of drug-likeness (QED) is 0.298. The monoisotopic (exact) mass is 587 g/mol. The van der Waals surface area contributed by atoms with Crippen LogP contribution in [0.2, 0.25) is 0 Å². The van der Waals surface area contributed by atoms with Crippen molar-refractivity contribution in [2.45, 2.75) is 18.9 Å². The number of hydrogen-bond acceptors (Lipinski definition) is 6. The Morgan fingerprint density at radius 1 is 0.930 bits per heavy atom. The molecule has 1 aliphatic heterocycles. The number of benzene rings is 2. The molecule has 10 nitrogen and oxygen atoms in total. The number of rotatable bonds is 6. The van der Waals surface area contributed by atoms with Crippen LogP contribution in [0.25, 0.3) is 5.69 Å². The van der Waals surface area contributed by atoms with E-state index in [1.165, 1.54) is 71.6 Å². The van der Waals surface area contributed by atoms with Gasteiger partial charge in [-0.3, -0.25) is 19.5 Å². The Kier molecular flexibility index (Phi) is 7.59. The number of amides is 3. The van der Waals surface area contributed by atoms with Crippen LogP contribution in [0.4, 0.5) is 25.1 Å². The molecule has 2 fully saturated rings. The minimum Gasteiger partial charge on any atom is -0.457 e. The average Bonchev–Trinajstić information content (AvgIpc) is 3.53. The molecule has 3 N–H and O–H groups in total. The van der Waals surface area contributed by atoms with Crippen molar-refractivity contribution in [1.82, 2.24) is 14.5 Å². The summed E-state index contributed by atoms with van der Waals surface area (Å²) in [6.07, 6.45) is 4.01. The summed E-state index contributed by atoms with van der Waals surface area (Å²) in [7, 11) is 0. The van der Waals surface area contributed by atoms with Crippen molar-refractivity contribution >= 4 is 23.4 Å². The molecule has 12 heteroatoms. The summed E-state index contributed by atoms with van der Waals surface area (Å²) >= 11 is 0. The average molecular weight is 588 g/mol. The number of likely N-dealkylation sites (tertiary alicyclic amines) is 1.